The average Bonchev–Trinajstić information content (AvgIpc) is 2.58. The standard InChI is InChI=1S/C12H15N3O3/c1-14-7-11(16)15(12(14)17)6-8-3-4-9(13)5-10(8)18-2/h3-5H,6-7,13H2,1-2H3. The normalized spacial score (nSPS) is 15.4. The second-order valence-electron chi connectivity index (χ2n) is 4.19. The second-order valence-corrected chi connectivity index (χ2v) is 4.19. The van der Waals surface area contributed by atoms with Crippen molar-refractivity contribution in [2.45, 2.75) is 6.54 Å². The molecule has 1 aliphatic rings. The maximum absolute atomic E-state index is 11.8. The number of hydrogen-bond donors (Lipinski definition) is 1. The van der Waals surface area contributed by atoms with Crippen LogP contribution in [-0.2, 0) is 11.3 Å². The largest absolute Gasteiger partial charge is 0.496 e. The number of amides is 3. The predicted molar refractivity (Wildman–Crippen MR) is 66.0 cm³/mol. The van der Waals surface area contributed by atoms with Crippen molar-refractivity contribution in [2.75, 3.05) is 26.4 Å². The van der Waals surface area contributed by atoms with Crippen molar-refractivity contribution in [2.24, 2.45) is 0 Å². The van der Waals surface area contributed by atoms with Crippen molar-refractivity contribution in [3.8, 4) is 5.75 Å². The van der Waals surface area contributed by atoms with E-state index in [1.807, 2.05) is 0 Å². The van der Waals surface area contributed by atoms with Crippen LogP contribution in [0.4, 0.5) is 10.5 Å². The molecule has 1 saturated heterocycles. The summed E-state index contributed by atoms with van der Waals surface area (Å²) in [6.07, 6.45) is 0. The lowest BCUT2D eigenvalue weighted by atomic mass is 10.1. The van der Waals surface area contributed by atoms with Gasteiger partial charge in [-0.3, -0.25) is 9.69 Å². The molecule has 0 radical (unpaired) electrons. The highest BCUT2D eigenvalue weighted by Crippen LogP contribution is 2.24. The van der Waals surface area contributed by atoms with Crippen molar-refractivity contribution in [1.82, 2.24) is 9.80 Å². The van der Waals surface area contributed by atoms with E-state index in [0.29, 0.717) is 11.4 Å². The first-order valence-corrected chi connectivity index (χ1v) is 5.50. The average molecular weight is 249 g/mol. The third-order valence-corrected chi connectivity index (χ3v) is 2.87. The molecule has 6 nitrogen and oxygen atoms in total. The van der Waals surface area contributed by atoms with E-state index >= 15 is 0 Å². The molecule has 0 spiro atoms. The molecule has 96 valence electrons. The summed E-state index contributed by atoms with van der Waals surface area (Å²) in [6.45, 7) is 0.321. The number of nitrogens with zero attached hydrogens (tertiary/aromatic N) is 2. The summed E-state index contributed by atoms with van der Waals surface area (Å²) >= 11 is 0. The minimum absolute atomic E-state index is 0.121. The van der Waals surface area contributed by atoms with Gasteiger partial charge in [0.15, 0.2) is 0 Å². The van der Waals surface area contributed by atoms with Crippen LogP contribution in [0.2, 0.25) is 0 Å². The van der Waals surface area contributed by atoms with Crippen LogP contribution in [0.3, 0.4) is 0 Å². The third kappa shape index (κ3) is 2.09. The molecule has 0 aromatic heterocycles. The molecule has 0 unspecified atom stereocenters. The van der Waals surface area contributed by atoms with Crippen LogP contribution in [-0.4, -0.2) is 42.4 Å². The van der Waals surface area contributed by atoms with Crippen LogP contribution in [0, 0.1) is 0 Å². The molecule has 1 aromatic rings. The van der Waals surface area contributed by atoms with Gasteiger partial charge < -0.3 is 15.4 Å². The Balaban J connectivity index is 2.24. The Hall–Kier alpha value is -2.24. The van der Waals surface area contributed by atoms with Gasteiger partial charge >= 0.3 is 6.03 Å². The Kier molecular flexibility index (Phi) is 3.10. The maximum Gasteiger partial charge on any atom is 0.327 e. The predicted octanol–water partition coefficient (Wildman–Crippen LogP) is 0.671. The van der Waals surface area contributed by atoms with E-state index in [9.17, 15) is 9.59 Å². The lowest BCUT2D eigenvalue weighted by Crippen LogP contribution is -2.31. The number of benzene rings is 1. The van der Waals surface area contributed by atoms with Crippen molar-refractivity contribution in [1.29, 1.82) is 0 Å². The van der Waals surface area contributed by atoms with Crippen molar-refractivity contribution in [3.05, 3.63) is 23.8 Å². The van der Waals surface area contributed by atoms with E-state index in [1.54, 1.807) is 25.2 Å². The molecule has 18 heavy (non-hydrogen) atoms. The van der Waals surface area contributed by atoms with Crippen LogP contribution in [0.25, 0.3) is 0 Å². The topological polar surface area (TPSA) is 75.9 Å². The van der Waals surface area contributed by atoms with E-state index in [-0.39, 0.29) is 25.0 Å². The number of nitrogen functional groups attached to an aromatic ring is 1. The summed E-state index contributed by atoms with van der Waals surface area (Å²) in [6, 6.07) is 4.85. The highest BCUT2D eigenvalue weighted by Gasteiger charge is 2.33. The van der Waals surface area contributed by atoms with E-state index < -0.39 is 0 Å². The Morgan fingerprint density at radius 1 is 1.39 bits per heavy atom. The number of ether oxygens (including phenoxy) is 1. The molecule has 6 heteroatoms. The lowest BCUT2D eigenvalue weighted by Gasteiger charge is -2.16. The maximum atomic E-state index is 11.8. The van der Waals surface area contributed by atoms with E-state index in [2.05, 4.69) is 0 Å². The number of rotatable bonds is 3. The quantitative estimate of drug-likeness (QED) is 0.631. The molecule has 1 aliphatic heterocycles. The van der Waals surface area contributed by atoms with Crippen molar-refractivity contribution in [3.63, 3.8) is 0 Å². The summed E-state index contributed by atoms with van der Waals surface area (Å²) in [5.41, 5.74) is 6.98. The fourth-order valence-corrected chi connectivity index (χ4v) is 1.89. The number of methoxy groups -OCH3 is 1. The summed E-state index contributed by atoms with van der Waals surface area (Å²) in [5, 5.41) is 0. The monoisotopic (exact) mass is 249 g/mol. The highest BCUT2D eigenvalue weighted by atomic mass is 16.5. The highest BCUT2D eigenvalue weighted by molar-refractivity contribution is 6.01. The molecule has 0 saturated carbocycles. The van der Waals surface area contributed by atoms with Gasteiger partial charge in [-0.05, 0) is 6.07 Å². The summed E-state index contributed by atoms with van der Waals surface area (Å²) < 4.78 is 5.19. The summed E-state index contributed by atoms with van der Waals surface area (Å²) in [7, 11) is 3.12. The van der Waals surface area contributed by atoms with Gasteiger partial charge in [0.1, 0.15) is 12.3 Å². The molecule has 0 bridgehead atoms. The number of anilines is 1. The first-order chi connectivity index (χ1) is 8.52. The Labute approximate surface area is 105 Å². The first-order valence-electron chi connectivity index (χ1n) is 5.50. The van der Waals surface area contributed by atoms with Gasteiger partial charge in [0.2, 0.25) is 0 Å². The van der Waals surface area contributed by atoms with Crippen LogP contribution in [0.15, 0.2) is 18.2 Å². The van der Waals surface area contributed by atoms with Crippen LogP contribution in [0.5, 0.6) is 5.75 Å². The minimum Gasteiger partial charge on any atom is -0.496 e. The Morgan fingerprint density at radius 2 is 2.11 bits per heavy atom. The number of carbonyl (C=O) groups is 2. The SMILES string of the molecule is COc1cc(N)ccc1CN1C(=O)CN(C)C1=O. The zero-order valence-electron chi connectivity index (χ0n) is 10.3. The lowest BCUT2D eigenvalue weighted by molar-refractivity contribution is -0.125. The zero-order valence-corrected chi connectivity index (χ0v) is 10.3. The molecular weight excluding hydrogens is 234 g/mol. The fraction of sp³-hybridized carbons (Fsp3) is 0.333. The molecule has 2 N–H and O–H groups in total. The first kappa shape index (κ1) is 12.2. The van der Waals surface area contributed by atoms with Gasteiger partial charge in [-0.15, -0.1) is 0 Å². The molecule has 1 aromatic carbocycles. The van der Waals surface area contributed by atoms with E-state index in [4.69, 9.17) is 10.5 Å². The van der Waals surface area contributed by atoms with Gasteiger partial charge in [-0.25, -0.2) is 4.79 Å². The summed E-state index contributed by atoms with van der Waals surface area (Å²) in [4.78, 5) is 26.0. The minimum atomic E-state index is -0.293. The van der Waals surface area contributed by atoms with Crippen molar-refractivity contribution >= 4 is 17.6 Å². The smallest absolute Gasteiger partial charge is 0.327 e. The van der Waals surface area contributed by atoms with Gasteiger partial charge in [-0.2, -0.15) is 0 Å². The van der Waals surface area contributed by atoms with Crippen LogP contribution < -0.4 is 10.5 Å². The number of carbonyl (C=O) groups excluding carboxylic acids is 2. The van der Waals surface area contributed by atoms with Gasteiger partial charge in [0.05, 0.1) is 13.7 Å². The Morgan fingerprint density at radius 3 is 2.67 bits per heavy atom. The van der Waals surface area contributed by atoms with E-state index in [1.165, 1.54) is 16.9 Å². The third-order valence-electron chi connectivity index (χ3n) is 2.87. The summed E-state index contributed by atoms with van der Waals surface area (Å²) in [5.74, 6) is 0.367. The van der Waals surface area contributed by atoms with Crippen molar-refractivity contribution < 1.29 is 14.3 Å². The van der Waals surface area contributed by atoms with E-state index in [0.717, 1.165) is 5.56 Å². The second kappa shape index (κ2) is 4.56. The number of likely N-dealkylation sites (N-methyl/N-ethyl adjacent to an activating group) is 1. The Bertz CT molecular complexity index is 501. The number of urea groups is 1. The van der Waals surface area contributed by atoms with Crippen LogP contribution >= 0.6 is 0 Å². The number of nitrogens with two attached hydrogens (primary N) is 1. The molecule has 0 aliphatic carbocycles. The van der Waals surface area contributed by atoms with Crippen LogP contribution in [0.1, 0.15) is 5.56 Å². The fourth-order valence-electron chi connectivity index (χ4n) is 1.89. The molecule has 3 amide bonds. The zero-order chi connectivity index (χ0) is 13.3. The molecule has 1 heterocycles. The van der Waals surface area contributed by atoms with Gasteiger partial charge in [0.25, 0.3) is 5.91 Å². The van der Waals surface area contributed by atoms with Gasteiger partial charge in [0, 0.05) is 24.4 Å². The molecular formula is C12H15N3O3. The van der Waals surface area contributed by atoms with Gasteiger partial charge in [-0.1, -0.05) is 6.07 Å². The molecule has 2 rings (SSSR count). The molecule has 0 atom stereocenters. The number of hydrogen-bond acceptors (Lipinski definition) is 4. The number of imide groups is 1. The molecule has 1 fully saturated rings.